The number of anilines is 1. The van der Waals surface area contributed by atoms with E-state index in [0.717, 1.165) is 10.9 Å². The molecule has 7 heteroatoms. The lowest BCUT2D eigenvalue weighted by Crippen LogP contribution is -2.30. The van der Waals surface area contributed by atoms with Gasteiger partial charge in [-0.1, -0.05) is 36.4 Å². The summed E-state index contributed by atoms with van der Waals surface area (Å²) in [6.45, 7) is 0. The number of rotatable bonds is 4. The zero-order valence-electron chi connectivity index (χ0n) is 17.1. The SMILES string of the molecule is COc1ccccc1N1C(=O)C(=O)/C(=C(\O)c2c[nH]c3ccccc23)C1c1ccccn1. The third-order valence-electron chi connectivity index (χ3n) is 5.60. The van der Waals surface area contributed by atoms with Crippen LogP contribution in [-0.2, 0) is 9.59 Å². The number of carbonyl (C=O) groups is 2. The molecule has 1 fully saturated rings. The molecule has 7 nitrogen and oxygen atoms in total. The largest absolute Gasteiger partial charge is 0.507 e. The van der Waals surface area contributed by atoms with E-state index < -0.39 is 17.7 Å². The minimum Gasteiger partial charge on any atom is -0.507 e. The van der Waals surface area contributed by atoms with E-state index in [1.165, 1.54) is 12.0 Å². The molecular formula is C25H19N3O4. The van der Waals surface area contributed by atoms with Gasteiger partial charge in [-0.2, -0.15) is 0 Å². The number of benzene rings is 2. The first-order valence-corrected chi connectivity index (χ1v) is 10.0. The Morgan fingerprint density at radius 2 is 1.78 bits per heavy atom. The van der Waals surface area contributed by atoms with Crippen LogP contribution in [0.25, 0.3) is 16.7 Å². The number of ketones is 1. The number of para-hydroxylation sites is 3. The average molecular weight is 425 g/mol. The molecule has 1 aliphatic rings. The van der Waals surface area contributed by atoms with Gasteiger partial charge in [0, 0.05) is 28.9 Å². The van der Waals surface area contributed by atoms with Crippen molar-refractivity contribution in [2.75, 3.05) is 12.0 Å². The number of fused-ring (bicyclic) bond motifs is 1. The van der Waals surface area contributed by atoms with E-state index in [2.05, 4.69) is 9.97 Å². The van der Waals surface area contributed by atoms with Gasteiger partial charge in [-0.05, 0) is 30.3 Å². The molecule has 5 rings (SSSR count). The smallest absolute Gasteiger partial charge is 0.300 e. The van der Waals surface area contributed by atoms with Crippen molar-refractivity contribution in [1.29, 1.82) is 0 Å². The maximum atomic E-state index is 13.3. The van der Waals surface area contributed by atoms with Crippen molar-refractivity contribution in [2.45, 2.75) is 6.04 Å². The van der Waals surface area contributed by atoms with Crippen LogP contribution in [0.4, 0.5) is 5.69 Å². The van der Waals surface area contributed by atoms with Crippen LogP contribution in [0.2, 0.25) is 0 Å². The molecule has 2 aromatic carbocycles. The third-order valence-corrected chi connectivity index (χ3v) is 5.60. The minimum absolute atomic E-state index is 0.0237. The number of aliphatic hydroxyl groups is 1. The normalized spacial score (nSPS) is 17.8. The highest BCUT2D eigenvalue weighted by Gasteiger charge is 2.48. The van der Waals surface area contributed by atoms with Gasteiger partial charge in [-0.15, -0.1) is 0 Å². The van der Waals surface area contributed by atoms with Crippen LogP contribution < -0.4 is 9.64 Å². The van der Waals surface area contributed by atoms with Gasteiger partial charge in [-0.25, -0.2) is 0 Å². The van der Waals surface area contributed by atoms with Crippen LogP contribution in [0.3, 0.4) is 0 Å². The highest BCUT2D eigenvalue weighted by Crippen LogP contribution is 2.44. The average Bonchev–Trinajstić information content (AvgIpc) is 3.38. The summed E-state index contributed by atoms with van der Waals surface area (Å²) in [5.74, 6) is -1.36. The first kappa shape index (κ1) is 19.6. The maximum absolute atomic E-state index is 13.3. The van der Waals surface area contributed by atoms with Crippen LogP contribution in [0.5, 0.6) is 5.75 Å². The van der Waals surface area contributed by atoms with Gasteiger partial charge < -0.3 is 14.8 Å². The van der Waals surface area contributed by atoms with Gasteiger partial charge in [0.05, 0.1) is 24.1 Å². The Kier molecular flexibility index (Phi) is 4.71. The number of aromatic nitrogens is 2. The second kappa shape index (κ2) is 7.70. The molecule has 4 aromatic rings. The summed E-state index contributed by atoms with van der Waals surface area (Å²) in [6, 6.07) is 18.7. The van der Waals surface area contributed by atoms with Crippen molar-refractivity contribution in [2.24, 2.45) is 0 Å². The number of methoxy groups -OCH3 is 1. The predicted octanol–water partition coefficient (Wildman–Crippen LogP) is 4.20. The fraction of sp³-hybridized carbons (Fsp3) is 0.0800. The fourth-order valence-electron chi connectivity index (χ4n) is 4.14. The zero-order valence-corrected chi connectivity index (χ0v) is 17.1. The number of hydrogen-bond donors (Lipinski definition) is 2. The number of H-pyrrole nitrogens is 1. The van der Waals surface area contributed by atoms with E-state index in [1.54, 1.807) is 54.9 Å². The number of nitrogens with zero attached hydrogens (tertiary/aromatic N) is 2. The summed E-state index contributed by atoms with van der Waals surface area (Å²) in [7, 11) is 1.50. The molecule has 1 unspecified atom stereocenters. The molecule has 0 spiro atoms. The number of ether oxygens (including phenoxy) is 1. The summed E-state index contributed by atoms with van der Waals surface area (Å²) in [4.78, 5) is 35.3. The Morgan fingerprint density at radius 3 is 2.56 bits per heavy atom. The molecule has 2 N–H and O–H groups in total. The van der Waals surface area contributed by atoms with Crippen molar-refractivity contribution in [1.82, 2.24) is 9.97 Å². The van der Waals surface area contributed by atoms with Crippen LogP contribution >= 0.6 is 0 Å². The lowest BCUT2D eigenvalue weighted by molar-refractivity contribution is -0.132. The number of aromatic amines is 1. The molecule has 0 saturated carbocycles. The molecule has 0 radical (unpaired) electrons. The number of hydrogen-bond acceptors (Lipinski definition) is 5. The molecule has 158 valence electrons. The van der Waals surface area contributed by atoms with Gasteiger partial charge >= 0.3 is 0 Å². The second-order valence-corrected chi connectivity index (χ2v) is 7.34. The maximum Gasteiger partial charge on any atom is 0.300 e. The highest BCUT2D eigenvalue weighted by molar-refractivity contribution is 6.52. The molecule has 1 aliphatic heterocycles. The quantitative estimate of drug-likeness (QED) is 0.290. The Hall–Kier alpha value is -4.39. The van der Waals surface area contributed by atoms with Crippen molar-refractivity contribution in [3.63, 3.8) is 0 Å². The van der Waals surface area contributed by atoms with Gasteiger partial charge in [0.1, 0.15) is 17.6 Å². The van der Waals surface area contributed by atoms with E-state index in [9.17, 15) is 14.7 Å². The van der Waals surface area contributed by atoms with E-state index in [-0.39, 0.29) is 11.3 Å². The summed E-state index contributed by atoms with van der Waals surface area (Å²) >= 11 is 0. The predicted molar refractivity (Wildman–Crippen MR) is 120 cm³/mol. The van der Waals surface area contributed by atoms with Crippen LogP contribution in [0.15, 0.2) is 84.7 Å². The molecule has 32 heavy (non-hydrogen) atoms. The lowest BCUT2D eigenvalue weighted by Gasteiger charge is -2.25. The standard InChI is InChI=1S/C25H19N3O4/c1-32-20-12-5-4-11-19(20)28-22(18-10-6-7-13-26-18)21(24(30)25(28)31)23(29)16-14-27-17-9-3-2-8-15(16)17/h2-14,22,27,29H,1H3/b23-21-. The Balaban J connectivity index is 1.77. The fourth-order valence-corrected chi connectivity index (χ4v) is 4.14. The van der Waals surface area contributed by atoms with E-state index in [4.69, 9.17) is 4.74 Å². The van der Waals surface area contributed by atoms with E-state index >= 15 is 0 Å². The lowest BCUT2D eigenvalue weighted by atomic mass is 9.98. The molecule has 1 amide bonds. The molecule has 1 atom stereocenters. The van der Waals surface area contributed by atoms with Crippen molar-refractivity contribution in [3.8, 4) is 5.75 Å². The molecule has 2 aromatic heterocycles. The number of Topliss-reactive ketones (excluding diaryl/α,β-unsaturated/α-hetero) is 1. The van der Waals surface area contributed by atoms with Crippen LogP contribution in [0.1, 0.15) is 17.3 Å². The number of amides is 1. The zero-order chi connectivity index (χ0) is 22.2. The number of nitrogens with one attached hydrogen (secondary N) is 1. The van der Waals surface area contributed by atoms with Crippen molar-refractivity contribution >= 4 is 34.0 Å². The molecular weight excluding hydrogens is 406 g/mol. The number of carbonyl (C=O) groups excluding carboxylic acids is 2. The molecule has 0 bridgehead atoms. The second-order valence-electron chi connectivity index (χ2n) is 7.34. The van der Waals surface area contributed by atoms with Gasteiger partial charge in [0.25, 0.3) is 11.7 Å². The minimum atomic E-state index is -0.916. The summed E-state index contributed by atoms with van der Waals surface area (Å²) in [5, 5.41) is 12.1. The van der Waals surface area contributed by atoms with Crippen molar-refractivity contribution < 1.29 is 19.4 Å². The molecule has 3 heterocycles. The summed E-state index contributed by atoms with van der Waals surface area (Å²) in [5.41, 5.74) is 2.11. The van der Waals surface area contributed by atoms with Crippen LogP contribution in [-0.4, -0.2) is 33.9 Å². The highest BCUT2D eigenvalue weighted by atomic mass is 16.5. The first-order chi connectivity index (χ1) is 15.6. The Labute approximate surface area is 183 Å². The number of pyridine rings is 1. The van der Waals surface area contributed by atoms with E-state index in [0.29, 0.717) is 22.7 Å². The van der Waals surface area contributed by atoms with E-state index in [1.807, 2.05) is 24.3 Å². The van der Waals surface area contributed by atoms with Gasteiger partial charge in [-0.3, -0.25) is 19.5 Å². The topological polar surface area (TPSA) is 95.5 Å². The number of aliphatic hydroxyl groups excluding tert-OH is 1. The Bertz CT molecular complexity index is 1370. The van der Waals surface area contributed by atoms with Gasteiger partial charge in [0.15, 0.2) is 0 Å². The summed E-state index contributed by atoms with van der Waals surface area (Å²) in [6.07, 6.45) is 3.22. The third kappa shape index (κ3) is 2.94. The van der Waals surface area contributed by atoms with Crippen molar-refractivity contribution in [3.05, 3.63) is 96.0 Å². The monoisotopic (exact) mass is 425 g/mol. The summed E-state index contributed by atoms with van der Waals surface area (Å²) < 4.78 is 5.44. The van der Waals surface area contributed by atoms with Gasteiger partial charge in [0.2, 0.25) is 0 Å². The first-order valence-electron chi connectivity index (χ1n) is 10.0. The Morgan fingerprint density at radius 1 is 1.03 bits per heavy atom. The molecule has 1 saturated heterocycles. The van der Waals surface area contributed by atoms with Crippen LogP contribution in [0, 0.1) is 0 Å². The molecule has 0 aliphatic carbocycles.